The van der Waals surface area contributed by atoms with Gasteiger partial charge in [0.05, 0.1) is 17.9 Å². The minimum absolute atomic E-state index is 0.114. The molecular weight excluding hydrogens is 369 g/mol. The van der Waals surface area contributed by atoms with Gasteiger partial charge in [-0.2, -0.15) is 0 Å². The third kappa shape index (κ3) is 4.46. The fourth-order valence-electron chi connectivity index (χ4n) is 3.27. The van der Waals surface area contributed by atoms with E-state index in [1.165, 1.54) is 12.1 Å². The van der Waals surface area contributed by atoms with Gasteiger partial charge in [-0.15, -0.1) is 0 Å². The molecule has 2 amide bonds. The molecule has 0 unspecified atom stereocenters. The highest BCUT2D eigenvalue weighted by Crippen LogP contribution is 2.31. The Kier molecular flexibility index (Phi) is 5.77. The van der Waals surface area contributed by atoms with Crippen LogP contribution in [0.2, 0.25) is 5.02 Å². The van der Waals surface area contributed by atoms with Gasteiger partial charge in [-0.3, -0.25) is 14.5 Å². The van der Waals surface area contributed by atoms with Gasteiger partial charge in [0, 0.05) is 24.0 Å². The smallest absolute Gasteiger partial charge is 0.241 e. The van der Waals surface area contributed by atoms with Crippen LogP contribution in [0.3, 0.4) is 0 Å². The van der Waals surface area contributed by atoms with Crippen molar-refractivity contribution in [2.24, 2.45) is 0 Å². The maximum absolute atomic E-state index is 13.2. The third-order valence-corrected chi connectivity index (χ3v) is 4.84. The Morgan fingerprint density at radius 1 is 1.33 bits per heavy atom. The molecule has 0 spiro atoms. The molecule has 1 aliphatic heterocycles. The maximum atomic E-state index is 13.2. The van der Waals surface area contributed by atoms with E-state index in [1.54, 1.807) is 24.1 Å². The number of carbonyl (C=O) groups excluding carboxylic acids is 2. The Morgan fingerprint density at radius 2 is 2.07 bits per heavy atom. The normalized spacial score (nSPS) is 16.7. The zero-order chi connectivity index (χ0) is 19.6. The van der Waals surface area contributed by atoms with Crippen molar-refractivity contribution in [2.45, 2.75) is 25.9 Å². The quantitative estimate of drug-likeness (QED) is 0.867. The number of carbonyl (C=O) groups is 2. The van der Waals surface area contributed by atoms with Crippen molar-refractivity contribution in [3.63, 3.8) is 0 Å². The van der Waals surface area contributed by atoms with Crippen molar-refractivity contribution < 1.29 is 14.0 Å². The monoisotopic (exact) mass is 389 g/mol. The third-order valence-electron chi connectivity index (χ3n) is 4.49. The molecule has 2 aromatic carbocycles. The van der Waals surface area contributed by atoms with Crippen LogP contribution in [0.25, 0.3) is 0 Å². The van der Waals surface area contributed by atoms with E-state index in [1.807, 2.05) is 30.0 Å². The Morgan fingerprint density at radius 3 is 2.81 bits per heavy atom. The predicted molar refractivity (Wildman–Crippen MR) is 104 cm³/mol. The van der Waals surface area contributed by atoms with E-state index in [-0.39, 0.29) is 30.8 Å². The van der Waals surface area contributed by atoms with Crippen molar-refractivity contribution in [1.29, 1.82) is 0 Å². The van der Waals surface area contributed by atoms with Crippen molar-refractivity contribution in [3.05, 3.63) is 58.9 Å². The highest BCUT2D eigenvalue weighted by molar-refractivity contribution is 6.31. The van der Waals surface area contributed by atoms with E-state index >= 15 is 0 Å². The van der Waals surface area contributed by atoms with Crippen LogP contribution >= 0.6 is 11.6 Å². The highest BCUT2D eigenvalue weighted by atomic mass is 35.5. The lowest BCUT2D eigenvalue weighted by atomic mass is 10.1. The lowest BCUT2D eigenvalue weighted by molar-refractivity contribution is -0.120. The Bertz CT molecular complexity index is 874. The number of rotatable bonds is 4. The molecule has 1 aliphatic rings. The van der Waals surface area contributed by atoms with E-state index in [0.29, 0.717) is 22.9 Å². The number of nitrogens with one attached hydrogen (secondary N) is 1. The second-order valence-electron chi connectivity index (χ2n) is 6.79. The molecule has 5 nitrogen and oxygen atoms in total. The molecule has 3 rings (SSSR count). The summed E-state index contributed by atoms with van der Waals surface area (Å²) in [5.74, 6) is -0.626. The first kappa shape index (κ1) is 19.3. The molecule has 7 heteroatoms. The molecule has 0 saturated heterocycles. The summed E-state index contributed by atoms with van der Waals surface area (Å²) in [5, 5.41) is 3.18. The minimum atomic E-state index is -0.394. The van der Waals surface area contributed by atoms with Crippen LogP contribution in [0.1, 0.15) is 18.9 Å². The van der Waals surface area contributed by atoms with Crippen LogP contribution in [-0.2, 0) is 16.1 Å². The number of benzene rings is 2. The molecule has 0 bridgehead atoms. The minimum Gasteiger partial charge on any atom is -0.324 e. The van der Waals surface area contributed by atoms with E-state index in [2.05, 4.69) is 5.32 Å². The lowest BCUT2D eigenvalue weighted by Crippen LogP contribution is -2.44. The summed E-state index contributed by atoms with van der Waals surface area (Å²) in [7, 11) is 1.80. The molecule has 1 atom stereocenters. The first-order valence-electron chi connectivity index (χ1n) is 8.68. The standard InChI is InChI=1S/C20H21ClFN3O2/c1-13-9-19(26)23-17-5-3-4-6-18(17)25(13)20(27)12-24(2)11-14-7-8-15(22)10-16(14)21/h3-8,10,13H,9,11-12H2,1-2H3,(H,23,26)/t13-/m0/s1. The summed E-state index contributed by atoms with van der Waals surface area (Å²) in [4.78, 5) is 28.5. The topological polar surface area (TPSA) is 52.7 Å². The second-order valence-corrected chi connectivity index (χ2v) is 7.20. The summed E-state index contributed by atoms with van der Waals surface area (Å²) >= 11 is 6.08. The van der Waals surface area contributed by atoms with Crippen molar-refractivity contribution >= 4 is 34.8 Å². The summed E-state index contributed by atoms with van der Waals surface area (Å²) in [6.45, 7) is 2.41. The summed E-state index contributed by atoms with van der Waals surface area (Å²) in [5.41, 5.74) is 2.06. The van der Waals surface area contributed by atoms with Crippen LogP contribution in [0, 0.1) is 5.82 Å². The number of para-hydroxylation sites is 2. The molecule has 142 valence electrons. The molecule has 0 fully saturated rings. The zero-order valence-corrected chi connectivity index (χ0v) is 16.0. The number of nitrogens with zero attached hydrogens (tertiary/aromatic N) is 2. The molecule has 1 N–H and O–H groups in total. The van der Waals surface area contributed by atoms with Gasteiger partial charge in [0.2, 0.25) is 11.8 Å². The molecule has 27 heavy (non-hydrogen) atoms. The van der Waals surface area contributed by atoms with Gasteiger partial charge < -0.3 is 10.2 Å². The van der Waals surface area contributed by atoms with Gasteiger partial charge in [0.25, 0.3) is 0 Å². The SMILES string of the molecule is C[C@H]1CC(=O)Nc2ccccc2N1C(=O)CN(C)Cc1ccc(F)cc1Cl. The summed E-state index contributed by atoms with van der Waals surface area (Å²) in [6, 6.07) is 11.2. The van der Waals surface area contributed by atoms with E-state index < -0.39 is 5.82 Å². The second kappa shape index (κ2) is 8.06. The molecule has 0 radical (unpaired) electrons. The summed E-state index contributed by atoms with van der Waals surface area (Å²) in [6.07, 6.45) is 0.230. The van der Waals surface area contributed by atoms with Crippen molar-refractivity contribution in [2.75, 3.05) is 23.8 Å². The molecule has 0 aromatic heterocycles. The van der Waals surface area contributed by atoms with Gasteiger partial charge in [-0.1, -0.05) is 29.8 Å². The number of fused-ring (bicyclic) bond motifs is 1. The molecule has 1 heterocycles. The number of amides is 2. The van der Waals surface area contributed by atoms with Crippen molar-refractivity contribution in [1.82, 2.24) is 4.90 Å². The average Bonchev–Trinajstić information content (AvgIpc) is 2.71. The number of likely N-dealkylation sites (N-methyl/N-ethyl adjacent to an activating group) is 1. The largest absolute Gasteiger partial charge is 0.324 e. The van der Waals surface area contributed by atoms with Gasteiger partial charge in [-0.05, 0) is 43.8 Å². The van der Waals surface area contributed by atoms with Crippen LogP contribution in [0.5, 0.6) is 0 Å². The molecule has 2 aromatic rings. The zero-order valence-electron chi connectivity index (χ0n) is 15.2. The Hall–Kier alpha value is -2.44. The maximum Gasteiger partial charge on any atom is 0.241 e. The van der Waals surface area contributed by atoms with Gasteiger partial charge >= 0.3 is 0 Å². The number of anilines is 2. The Labute approximate surface area is 162 Å². The van der Waals surface area contributed by atoms with E-state index in [0.717, 1.165) is 5.56 Å². The van der Waals surface area contributed by atoms with Crippen LogP contribution < -0.4 is 10.2 Å². The van der Waals surface area contributed by atoms with E-state index in [4.69, 9.17) is 11.6 Å². The van der Waals surface area contributed by atoms with Crippen LogP contribution in [-0.4, -0.2) is 36.3 Å². The van der Waals surface area contributed by atoms with Gasteiger partial charge in [-0.25, -0.2) is 4.39 Å². The lowest BCUT2D eigenvalue weighted by Gasteiger charge is -2.29. The molecule has 0 saturated carbocycles. The van der Waals surface area contributed by atoms with E-state index in [9.17, 15) is 14.0 Å². The first-order chi connectivity index (χ1) is 12.8. The molecular formula is C20H21ClFN3O2. The first-order valence-corrected chi connectivity index (χ1v) is 9.06. The van der Waals surface area contributed by atoms with Gasteiger partial charge in [0.15, 0.2) is 0 Å². The average molecular weight is 390 g/mol. The number of halogens is 2. The highest BCUT2D eigenvalue weighted by Gasteiger charge is 2.29. The predicted octanol–water partition coefficient (Wildman–Crippen LogP) is 3.67. The summed E-state index contributed by atoms with van der Waals surface area (Å²) < 4.78 is 13.2. The number of hydrogen-bond acceptors (Lipinski definition) is 3. The van der Waals surface area contributed by atoms with Crippen molar-refractivity contribution in [3.8, 4) is 0 Å². The molecule has 0 aliphatic carbocycles. The fraction of sp³-hybridized carbons (Fsp3) is 0.300. The fourth-order valence-corrected chi connectivity index (χ4v) is 3.50. The van der Waals surface area contributed by atoms with Crippen LogP contribution in [0.4, 0.5) is 15.8 Å². The number of hydrogen-bond donors (Lipinski definition) is 1. The Balaban J connectivity index is 1.77. The van der Waals surface area contributed by atoms with Crippen LogP contribution in [0.15, 0.2) is 42.5 Å². The van der Waals surface area contributed by atoms with Gasteiger partial charge in [0.1, 0.15) is 5.82 Å².